The quantitative estimate of drug-likeness (QED) is 0.586. The molecule has 108 valence electrons. The van der Waals surface area contributed by atoms with Gasteiger partial charge in [0.1, 0.15) is 0 Å². The predicted octanol–water partition coefficient (Wildman–Crippen LogP) is 1.95. The zero-order chi connectivity index (χ0) is 14.5. The molecule has 1 aromatic carbocycles. The van der Waals surface area contributed by atoms with E-state index in [2.05, 4.69) is 0 Å². The number of Topliss-reactive ketones (excluding diaryl/α,β-unsaturated/α-hetero) is 1. The molecule has 0 unspecified atom stereocenters. The maximum Gasteiger partial charge on any atom is 0.306 e. The first-order valence-electron chi connectivity index (χ1n) is 6.32. The van der Waals surface area contributed by atoms with Crippen LogP contribution in [-0.4, -0.2) is 32.3 Å². The van der Waals surface area contributed by atoms with Crippen molar-refractivity contribution in [1.82, 2.24) is 0 Å². The number of methoxy groups -OCH3 is 1. The number of ketones is 1. The van der Waals surface area contributed by atoms with Gasteiger partial charge >= 0.3 is 5.97 Å². The molecule has 0 aromatic heterocycles. The van der Waals surface area contributed by atoms with Gasteiger partial charge in [-0.15, -0.1) is 0 Å². The van der Waals surface area contributed by atoms with Gasteiger partial charge in [-0.3, -0.25) is 9.59 Å². The average molecular weight is 280 g/mol. The Morgan fingerprint density at radius 1 is 1.25 bits per heavy atom. The van der Waals surface area contributed by atoms with Crippen LogP contribution in [0.3, 0.4) is 0 Å². The van der Waals surface area contributed by atoms with E-state index in [4.69, 9.17) is 18.9 Å². The summed E-state index contributed by atoms with van der Waals surface area (Å²) in [5.74, 6) is 0.862. The number of ether oxygens (including phenoxy) is 4. The van der Waals surface area contributed by atoms with Gasteiger partial charge in [-0.05, 0) is 19.1 Å². The summed E-state index contributed by atoms with van der Waals surface area (Å²) < 4.78 is 20.5. The normalized spacial score (nSPS) is 12.1. The van der Waals surface area contributed by atoms with Crippen molar-refractivity contribution in [3.8, 4) is 17.2 Å². The van der Waals surface area contributed by atoms with E-state index in [1.165, 1.54) is 7.11 Å². The number of carbonyl (C=O) groups is 2. The molecule has 0 bridgehead atoms. The zero-order valence-corrected chi connectivity index (χ0v) is 11.4. The van der Waals surface area contributed by atoms with Crippen molar-refractivity contribution < 1.29 is 28.5 Å². The van der Waals surface area contributed by atoms with Crippen molar-refractivity contribution in [2.75, 3.05) is 20.5 Å². The van der Waals surface area contributed by atoms with Crippen LogP contribution < -0.4 is 14.2 Å². The summed E-state index contributed by atoms with van der Waals surface area (Å²) in [6.45, 7) is 2.14. The Kier molecular flexibility index (Phi) is 4.45. The van der Waals surface area contributed by atoms with E-state index < -0.39 is 0 Å². The lowest BCUT2D eigenvalue weighted by Gasteiger charge is -2.07. The number of rotatable bonds is 6. The van der Waals surface area contributed by atoms with Crippen LogP contribution in [0.15, 0.2) is 12.1 Å². The number of fused-ring (bicyclic) bond motifs is 1. The molecule has 0 saturated heterocycles. The van der Waals surface area contributed by atoms with Crippen molar-refractivity contribution in [3.63, 3.8) is 0 Å². The number of hydrogen-bond donors (Lipinski definition) is 0. The maximum atomic E-state index is 12.1. The first-order valence-corrected chi connectivity index (χ1v) is 6.32. The molecule has 6 nitrogen and oxygen atoms in total. The van der Waals surface area contributed by atoms with Crippen LogP contribution in [-0.2, 0) is 9.53 Å². The van der Waals surface area contributed by atoms with Crippen LogP contribution in [0.2, 0.25) is 0 Å². The van der Waals surface area contributed by atoms with Gasteiger partial charge in [-0.2, -0.15) is 0 Å². The fraction of sp³-hybridized carbons (Fsp3) is 0.429. The van der Waals surface area contributed by atoms with E-state index in [0.717, 1.165) is 0 Å². The minimum atomic E-state index is -0.381. The van der Waals surface area contributed by atoms with Crippen LogP contribution in [0, 0.1) is 0 Å². The molecule has 6 heteroatoms. The van der Waals surface area contributed by atoms with Crippen molar-refractivity contribution >= 4 is 11.8 Å². The molecule has 0 fully saturated rings. The van der Waals surface area contributed by atoms with Crippen LogP contribution in [0.1, 0.15) is 30.1 Å². The fourth-order valence-electron chi connectivity index (χ4n) is 1.88. The van der Waals surface area contributed by atoms with Crippen LogP contribution in [0.4, 0.5) is 0 Å². The Morgan fingerprint density at radius 3 is 2.75 bits per heavy atom. The van der Waals surface area contributed by atoms with Crippen LogP contribution in [0.25, 0.3) is 0 Å². The summed E-state index contributed by atoms with van der Waals surface area (Å²) in [7, 11) is 1.49. The molecule has 1 aliphatic rings. The third-order valence-electron chi connectivity index (χ3n) is 2.84. The molecule has 0 spiro atoms. The van der Waals surface area contributed by atoms with E-state index in [1.807, 2.05) is 0 Å². The van der Waals surface area contributed by atoms with Crippen LogP contribution in [0.5, 0.6) is 17.2 Å². The SMILES string of the molecule is CCOC(=O)CCC(=O)c1cc(OC)c2c(c1)OCO2. The Hall–Kier alpha value is -2.24. The van der Waals surface area contributed by atoms with Gasteiger partial charge in [0.05, 0.1) is 20.1 Å². The molecule has 0 N–H and O–H groups in total. The molecule has 1 heterocycles. The third-order valence-corrected chi connectivity index (χ3v) is 2.84. The molecule has 20 heavy (non-hydrogen) atoms. The molecular weight excluding hydrogens is 264 g/mol. The number of benzene rings is 1. The second kappa shape index (κ2) is 6.27. The molecule has 1 aromatic rings. The van der Waals surface area contributed by atoms with Gasteiger partial charge in [0, 0.05) is 12.0 Å². The predicted molar refractivity (Wildman–Crippen MR) is 69.3 cm³/mol. The smallest absolute Gasteiger partial charge is 0.306 e. The summed E-state index contributed by atoms with van der Waals surface area (Å²) in [4.78, 5) is 23.3. The van der Waals surface area contributed by atoms with Crippen molar-refractivity contribution in [3.05, 3.63) is 17.7 Å². The second-order valence-electron chi connectivity index (χ2n) is 4.14. The highest BCUT2D eigenvalue weighted by atomic mass is 16.7. The maximum absolute atomic E-state index is 12.1. The van der Waals surface area contributed by atoms with Gasteiger partial charge in [-0.25, -0.2) is 0 Å². The van der Waals surface area contributed by atoms with E-state index in [9.17, 15) is 9.59 Å². The number of hydrogen-bond acceptors (Lipinski definition) is 6. The molecule has 0 aliphatic carbocycles. The van der Waals surface area contributed by atoms with Gasteiger partial charge in [-0.1, -0.05) is 0 Å². The lowest BCUT2D eigenvalue weighted by molar-refractivity contribution is -0.143. The summed E-state index contributed by atoms with van der Waals surface area (Å²) in [6, 6.07) is 3.18. The van der Waals surface area contributed by atoms with E-state index in [1.54, 1.807) is 19.1 Å². The van der Waals surface area contributed by atoms with E-state index in [0.29, 0.717) is 29.4 Å². The Morgan fingerprint density at radius 2 is 2.05 bits per heavy atom. The van der Waals surface area contributed by atoms with E-state index in [-0.39, 0.29) is 31.4 Å². The van der Waals surface area contributed by atoms with Crippen molar-refractivity contribution in [1.29, 1.82) is 0 Å². The highest BCUT2D eigenvalue weighted by molar-refractivity contribution is 5.98. The van der Waals surface area contributed by atoms with Gasteiger partial charge in [0.15, 0.2) is 17.3 Å². The first-order chi connectivity index (χ1) is 9.65. The third kappa shape index (κ3) is 3.01. The first kappa shape index (κ1) is 14.2. The fourth-order valence-corrected chi connectivity index (χ4v) is 1.88. The molecule has 0 atom stereocenters. The van der Waals surface area contributed by atoms with Crippen LogP contribution >= 0.6 is 0 Å². The molecule has 0 amide bonds. The summed E-state index contributed by atoms with van der Waals surface area (Å²) in [5, 5.41) is 0. The minimum absolute atomic E-state index is 0.0590. The lowest BCUT2D eigenvalue weighted by atomic mass is 10.1. The second-order valence-corrected chi connectivity index (χ2v) is 4.14. The van der Waals surface area contributed by atoms with Gasteiger partial charge < -0.3 is 18.9 Å². The molecule has 1 aliphatic heterocycles. The average Bonchev–Trinajstić information content (AvgIpc) is 2.92. The summed E-state index contributed by atoms with van der Waals surface area (Å²) in [6.07, 6.45) is 0.144. The Labute approximate surface area is 116 Å². The highest BCUT2D eigenvalue weighted by Crippen LogP contribution is 2.42. The molecular formula is C14H16O6. The monoisotopic (exact) mass is 280 g/mol. The minimum Gasteiger partial charge on any atom is -0.493 e. The molecule has 2 rings (SSSR count). The van der Waals surface area contributed by atoms with Gasteiger partial charge in [0.2, 0.25) is 12.5 Å². The van der Waals surface area contributed by atoms with Crippen molar-refractivity contribution in [2.45, 2.75) is 19.8 Å². The number of carbonyl (C=O) groups excluding carboxylic acids is 2. The Balaban J connectivity index is 2.09. The largest absolute Gasteiger partial charge is 0.493 e. The summed E-state index contributed by atoms with van der Waals surface area (Å²) in [5.41, 5.74) is 0.426. The zero-order valence-electron chi connectivity index (χ0n) is 11.4. The van der Waals surface area contributed by atoms with Crippen molar-refractivity contribution in [2.24, 2.45) is 0 Å². The standard InChI is InChI=1S/C14H16O6/c1-3-18-13(16)5-4-10(15)9-6-11(17-2)14-12(7-9)19-8-20-14/h6-7H,3-5,8H2,1-2H3. The molecule has 0 radical (unpaired) electrons. The number of esters is 1. The topological polar surface area (TPSA) is 71.1 Å². The molecule has 0 saturated carbocycles. The van der Waals surface area contributed by atoms with E-state index >= 15 is 0 Å². The van der Waals surface area contributed by atoms with Gasteiger partial charge in [0.25, 0.3) is 0 Å². The Bertz CT molecular complexity index is 523. The highest BCUT2D eigenvalue weighted by Gasteiger charge is 2.22. The lowest BCUT2D eigenvalue weighted by Crippen LogP contribution is -2.08. The summed E-state index contributed by atoms with van der Waals surface area (Å²) >= 11 is 0.